The normalized spacial score (nSPS) is 12.0. The van der Waals surface area contributed by atoms with Gasteiger partial charge in [0.15, 0.2) is 0 Å². The van der Waals surface area contributed by atoms with Crippen molar-refractivity contribution in [1.29, 1.82) is 0 Å². The molecule has 0 aliphatic heterocycles. The maximum absolute atomic E-state index is 12.7. The molecule has 1 atom stereocenters. The molecule has 0 N–H and O–H groups in total. The highest BCUT2D eigenvalue weighted by atomic mass is 35.5. The Balaban J connectivity index is 1.79. The van der Waals surface area contributed by atoms with Crippen LogP contribution in [0.4, 0.5) is 0 Å². The molecule has 0 saturated carbocycles. The minimum Gasteiger partial charge on any atom is -0.335 e. The van der Waals surface area contributed by atoms with Crippen molar-refractivity contribution >= 4 is 29.1 Å². The topological polar surface area (TPSA) is 51.0 Å². The number of carbonyl (C=O) groups excluding carboxylic acids is 1. The zero-order valence-electron chi connectivity index (χ0n) is 13.7. The van der Waals surface area contributed by atoms with Gasteiger partial charge in [0.05, 0.1) is 22.3 Å². The van der Waals surface area contributed by atoms with E-state index in [1.165, 1.54) is 6.33 Å². The van der Waals surface area contributed by atoms with Gasteiger partial charge in [-0.05, 0) is 42.8 Å². The van der Waals surface area contributed by atoms with Crippen molar-refractivity contribution in [3.05, 3.63) is 76.3 Å². The van der Waals surface area contributed by atoms with Crippen LogP contribution in [0.1, 0.15) is 28.9 Å². The van der Waals surface area contributed by atoms with E-state index in [9.17, 15) is 4.79 Å². The standard InChI is InChI=1S/C18H16Cl2N4O/c1-12(13-3-6-15(7-4-13)24-11-21-10-22-24)23(2)18(25)16-8-5-14(19)9-17(16)20/h3-12H,1-2H3. The third-order valence-corrected chi connectivity index (χ3v) is 4.67. The van der Waals surface area contributed by atoms with Gasteiger partial charge in [-0.1, -0.05) is 35.3 Å². The zero-order chi connectivity index (χ0) is 18.0. The zero-order valence-corrected chi connectivity index (χ0v) is 15.2. The van der Waals surface area contributed by atoms with Gasteiger partial charge in [-0.15, -0.1) is 0 Å². The fraction of sp³-hybridized carbons (Fsp3) is 0.167. The van der Waals surface area contributed by atoms with E-state index in [0.717, 1.165) is 11.3 Å². The maximum atomic E-state index is 12.7. The van der Waals surface area contributed by atoms with Gasteiger partial charge >= 0.3 is 0 Å². The lowest BCUT2D eigenvalue weighted by Crippen LogP contribution is -2.29. The molecule has 0 fully saturated rings. The first-order valence-corrected chi connectivity index (χ1v) is 8.40. The molecule has 1 aromatic heterocycles. The third kappa shape index (κ3) is 3.67. The molecule has 0 aliphatic rings. The van der Waals surface area contributed by atoms with Crippen molar-refractivity contribution < 1.29 is 4.79 Å². The molecule has 1 heterocycles. The highest BCUT2D eigenvalue weighted by Crippen LogP contribution is 2.26. The van der Waals surface area contributed by atoms with Crippen molar-refractivity contribution in [2.75, 3.05) is 7.05 Å². The Labute approximate surface area is 155 Å². The van der Waals surface area contributed by atoms with Gasteiger partial charge in [-0.3, -0.25) is 4.79 Å². The quantitative estimate of drug-likeness (QED) is 0.679. The molecule has 2 aromatic carbocycles. The van der Waals surface area contributed by atoms with Crippen molar-refractivity contribution in [2.24, 2.45) is 0 Å². The van der Waals surface area contributed by atoms with Crippen LogP contribution >= 0.6 is 23.2 Å². The number of carbonyl (C=O) groups is 1. The van der Waals surface area contributed by atoms with Crippen LogP contribution < -0.4 is 0 Å². The fourth-order valence-electron chi connectivity index (χ4n) is 2.50. The fourth-order valence-corrected chi connectivity index (χ4v) is 2.99. The van der Waals surface area contributed by atoms with Crippen molar-refractivity contribution in [2.45, 2.75) is 13.0 Å². The van der Waals surface area contributed by atoms with Crippen LogP contribution in [0, 0.1) is 0 Å². The molecule has 0 radical (unpaired) electrons. The molecule has 25 heavy (non-hydrogen) atoms. The van der Waals surface area contributed by atoms with Crippen LogP contribution in [0.25, 0.3) is 5.69 Å². The van der Waals surface area contributed by atoms with Gasteiger partial charge in [0, 0.05) is 12.1 Å². The molecule has 1 unspecified atom stereocenters. The Hall–Kier alpha value is -2.37. The molecule has 5 nitrogen and oxygen atoms in total. The van der Waals surface area contributed by atoms with E-state index < -0.39 is 0 Å². The van der Waals surface area contributed by atoms with E-state index in [2.05, 4.69) is 10.1 Å². The van der Waals surface area contributed by atoms with E-state index in [1.807, 2.05) is 31.2 Å². The Morgan fingerprint density at radius 1 is 1.16 bits per heavy atom. The summed E-state index contributed by atoms with van der Waals surface area (Å²) in [4.78, 5) is 18.3. The first-order valence-electron chi connectivity index (χ1n) is 7.64. The number of nitrogens with zero attached hydrogens (tertiary/aromatic N) is 4. The van der Waals surface area contributed by atoms with Gasteiger partial charge in [0.2, 0.25) is 0 Å². The number of halogens is 2. The number of amides is 1. The summed E-state index contributed by atoms with van der Waals surface area (Å²) >= 11 is 12.0. The average Bonchev–Trinajstić information content (AvgIpc) is 3.15. The number of hydrogen-bond donors (Lipinski definition) is 0. The second kappa shape index (κ2) is 7.25. The molecular weight excluding hydrogens is 359 g/mol. The number of benzene rings is 2. The predicted octanol–water partition coefficient (Wildman–Crippen LogP) is 4.41. The summed E-state index contributed by atoms with van der Waals surface area (Å²) in [6, 6.07) is 12.6. The number of rotatable bonds is 4. The van der Waals surface area contributed by atoms with Gasteiger partial charge in [0.25, 0.3) is 5.91 Å². The van der Waals surface area contributed by atoms with Gasteiger partial charge < -0.3 is 4.90 Å². The SMILES string of the molecule is CC(c1ccc(-n2cncn2)cc1)N(C)C(=O)c1ccc(Cl)cc1Cl. The van der Waals surface area contributed by atoms with E-state index in [1.54, 1.807) is 41.2 Å². The first kappa shape index (κ1) is 17.5. The van der Waals surface area contributed by atoms with Crippen LogP contribution in [0.3, 0.4) is 0 Å². The average molecular weight is 375 g/mol. The first-order chi connectivity index (χ1) is 12.0. The van der Waals surface area contributed by atoms with Gasteiger partial charge in [0.1, 0.15) is 12.7 Å². The van der Waals surface area contributed by atoms with Crippen LogP contribution in [0.15, 0.2) is 55.1 Å². The van der Waals surface area contributed by atoms with Gasteiger partial charge in [-0.25, -0.2) is 9.67 Å². The summed E-state index contributed by atoms with van der Waals surface area (Å²) in [5, 5.41) is 4.94. The highest BCUT2D eigenvalue weighted by Gasteiger charge is 2.21. The summed E-state index contributed by atoms with van der Waals surface area (Å²) in [7, 11) is 1.75. The summed E-state index contributed by atoms with van der Waals surface area (Å²) in [6.45, 7) is 1.96. The number of hydrogen-bond acceptors (Lipinski definition) is 3. The minimum atomic E-state index is -0.158. The smallest absolute Gasteiger partial charge is 0.255 e. The van der Waals surface area contributed by atoms with Crippen molar-refractivity contribution in [1.82, 2.24) is 19.7 Å². The molecule has 0 aliphatic carbocycles. The molecule has 3 aromatic rings. The third-order valence-electron chi connectivity index (χ3n) is 4.12. The summed E-state index contributed by atoms with van der Waals surface area (Å²) in [5.74, 6) is -0.158. The predicted molar refractivity (Wildman–Crippen MR) is 98.3 cm³/mol. The highest BCUT2D eigenvalue weighted by molar-refractivity contribution is 6.36. The molecule has 7 heteroatoms. The lowest BCUT2D eigenvalue weighted by Gasteiger charge is -2.26. The van der Waals surface area contributed by atoms with Crippen LogP contribution in [0.2, 0.25) is 10.0 Å². The Bertz CT molecular complexity index is 879. The molecule has 128 valence electrons. The van der Waals surface area contributed by atoms with E-state index in [-0.39, 0.29) is 11.9 Å². The summed E-state index contributed by atoms with van der Waals surface area (Å²) < 4.78 is 1.68. The molecule has 3 rings (SSSR count). The van der Waals surface area contributed by atoms with Crippen LogP contribution in [-0.4, -0.2) is 32.6 Å². The summed E-state index contributed by atoms with van der Waals surface area (Å²) in [5.41, 5.74) is 2.34. The van der Waals surface area contributed by atoms with Crippen molar-refractivity contribution in [3.63, 3.8) is 0 Å². The molecule has 1 amide bonds. The monoisotopic (exact) mass is 374 g/mol. The summed E-state index contributed by atoms with van der Waals surface area (Å²) in [6.07, 6.45) is 3.12. The minimum absolute atomic E-state index is 0.121. The Morgan fingerprint density at radius 2 is 1.88 bits per heavy atom. The van der Waals surface area contributed by atoms with Gasteiger partial charge in [-0.2, -0.15) is 5.10 Å². The molecular formula is C18H16Cl2N4O. The lowest BCUT2D eigenvalue weighted by atomic mass is 10.1. The van der Waals surface area contributed by atoms with E-state index >= 15 is 0 Å². The Kier molecular flexibility index (Phi) is 5.06. The second-order valence-electron chi connectivity index (χ2n) is 5.65. The lowest BCUT2D eigenvalue weighted by molar-refractivity contribution is 0.0743. The Morgan fingerprint density at radius 3 is 2.48 bits per heavy atom. The number of aromatic nitrogens is 3. The van der Waals surface area contributed by atoms with E-state index in [4.69, 9.17) is 23.2 Å². The van der Waals surface area contributed by atoms with Crippen LogP contribution in [-0.2, 0) is 0 Å². The second-order valence-corrected chi connectivity index (χ2v) is 6.49. The van der Waals surface area contributed by atoms with E-state index in [0.29, 0.717) is 15.6 Å². The molecule has 0 saturated heterocycles. The molecule has 0 spiro atoms. The largest absolute Gasteiger partial charge is 0.335 e. The molecule has 0 bridgehead atoms. The maximum Gasteiger partial charge on any atom is 0.255 e. The van der Waals surface area contributed by atoms with Crippen LogP contribution in [0.5, 0.6) is 0 Å². The van der Waals surface area contributed by atoms with Crippen molar-refractivity contribution in [3.8, 4) is 5.69 Å².